The van der Waals surface area contributed by atoms with E-state index in [-0.39, 0.29) is 17.1 Å². The minimum Gasteiger partial charge on any atom is -0.304 e. The number of alkyl halides is 2. The number of benzene rings is 1. The molecule has 0 radical (unpaired) electrons. The van der Waals surface area contributed by atoms with Gasteiger partial charge in [0.2, 0.25) is 5.82 Å². The third-order valence-electron chi connectivity index (χ3n) is 2.44. The van der Waals surface area contributed by atoms with Gasteiger partial charge >= 0.3 is 0 Å². The Morgan fingerprint density at radius 3 is 2.67 bits per heavy atom. The SMILES string of the molecule is Cc1nc(-c2cccc(C(F)F)c2)[nH]c(=O)c1F. The molecule has 6 heteroatoms. The summed E-state index contributed by atoms with van der Waals surface area (Å²) in [4.78, 5) is 17.3. The molecule has 0 saturated heterocycles. The summed E-state index contributed by atoms with van der Waals surface area (Å²) < 4.78 is 38.2. The van der Waals surface area contributed by atoms with E-state index in [4.69, 9.17) is 0 Å². The van der Waals surface area contributed by atoms with Crippen molar-refractivity contribution >= 4 is 0 Å². The number of rotatable bonds is 2. The second-order valence-electron chi connectivity index (χ2n) is 3.74. The molecule has 1 N–H and O–H groups in total. The quantitative estimate of drug-likeness (QED) is 0.895. The summed E-state index contributed by atoms with van der Waals surface area (Å²) in [5, 5.41) is 0. The van der Waals surface area contributed by atoms with Crippen LogP contribution in [0.3, 0.4) is 0 Å². The second kappa shape index (κ2) is 4.64. The van der Waals surface area contributed by atoms with E-state index >= 15 is 0 Å². The first-order valence-corrected chi connectivity index (χ1v) is 5.14. The molecule has 1 aromatic heterocycles. The van der Waals surface area contributed by atoms with Crippen LogP contribution in [-0.2, 0) is 0 Å². The number of hydrogen-bond donors (Lipinski definition) is 1. The van der Waals surface area contributed by atoms with E-state index in [2.05, 4.69) is 9.97 Å². The monoisotopic (exact) mass is 254 g/mol. The maximum absolute atomic E-state index is 13.1. The van der Waals surface area contributed by atoms with Gasteiger partial charge < -0.3 is 4.98 Å². The zero-order valence-corrected chi connectivity index (χ0v) is 9.38. The number of nitrogens with one attached hydrogen (secondary N) is 1. The lowest BCUT2D eigenvalue weighted by atomic mass is 10.1. The fourth-order valence-corrected chi connectivity index (χ4v) is 1.53. The first kappa shape index (κ1) is 12.3. The molecule has 1 aromatic carbocycles. The summed E-state index contributed by atoms with van der Waals surface area (Å²) in [5.41, 5.74) is -0.860. The van der Waals surface area contributed by atoms with Gasteiger partial charge in [0.25, 0.3) is 12.0 Å². The van der Waals surface area contributed by atoms with Crippen LogP contribution in [0.25, 0.3) is 11.4 Å². The summed E-state index contributed by atoms with van der Waals surface area (Å²) >= 11 is 0. The van der Waals surface area contributed by atoms with Crippen LogP contribution < -0.4 is 5.56 Å². The largest absolute Gasteiger partial charge is 0.304 e. The van der Waals surface area contributed by atoms with Gasteiger partial charge in [0.15, 0.2) is 0 Å². The Kier molecular flexibility index (Phi) is 3.18. The van der Waals surface area contributed by atoms with Crippen LogP contribution in [0.15, 0.2) is 29.1 Å². The van der Waals surface area contributed by atoms with Gasteiger partial charge in [-0.25, -0.2) is 13.8 Å². The van der Waals surface area contributed by atoms with Crippen molar-refractivity contribution in [3.63, 3.8) is 0 Å². The third-order valence-corrected chi connectivity index (χ3v) is 2.44. The van der Waals surface area contributed by atoms with E-state index < -0.39 is 17.8 Å². The van der Waals surface area contributed by atoms with E-state index in [1.54, 1.807) is 0 Å². The first-order chi connectivity index (χ1) is 8.49. The topological polar surface area (TPSA) is 45.8 Å². The maximum atomic E-state index is 13.1. The van der Waals surface area contributed by atoms with E-state index in [0.29, 0.717) is 5.56 Å². The average molecular weight is 254 g/mol. The summed E-state index contributed by atoms with van der Waals surface area (Å²) in [5.74, 6) is -0.898. The lowest BCUT2D eigenvalue weighted by molar-refractivity contribution is 0.151. The van der Waals surface area contributed by atoms with Gasteiger partial charge in [0.1, 0.15) is 5.82 Å². The molecule has 1 heterocycles. The Hall–Kier alpha value is -2.11. The Labute approximate surface area is 100 Å². The van der Waals surface area contributed by atoms with Crippen LogP contribution in [0.4, 0.5) is 13.2 Å². The molecule has 2 aromatic rings. The molecular weight excluding hydrogens is 245 g/mol. The third kappa shape index (κ3) is 2.27. The molecule has 0 aliphatic carbocycles. The van der Waals surface area contributed by atoms with Crippen LogP contribution in [0.1, 0.15) is 17.7 Å². The van der Waals surface area contributed by atoms with Gasteiger partial charge in [-0.3, -0.25) is 4.79 Å². The number of H-pyrrole nitrogens is 1. The van der Waals surface area contributed by atoms with Crippen LogP contribution in [-0.4, -0.2) is 9.97 Å². The Bertz CT molecular complexity index is 637. The Balaban J connectivity index is 2.55. The van der Waals surface area contributed by atoms with E-state index in [9.17, 15) is 18.0 Å². The summed E-state index contributed by atoms with van der Waals surface area (Å²) in [7, 11) is 0. The van der Waals surface area contributed by atoms with Gasteiger partial charge in [0.05, 0.1) is 5.69 Å². The normalized spacial score (nSPS) is 10.9. The molecule has 0 amide bonds. The van der Waals surface area contributed by atoms with Gasteiger partial charge in [0, 0.05) is 11.1 Å². The smallest absolute Gasteiger partial charge is 0.287 e. The summed E-state index contributed by atoms with van der Waals surface area (Å²) in [6.07, 6.45) is -2.61. The zero-order valence-electron chi connectivity index (χ0n) is 9.38. The van der Waals surface area contributed by atoms with Crippen molar-refractivity contribution in [2.24, 2.45) is 0 Å². The minimum absolute atomic E-state index is 0.0707. The lowest BCUT2D eigenvalue weighted by Gasteiger charge is -2.05. The molecule has 94 valence electrons. The average Bonchev–Trinajstić information content (AvgIpc) is 2.35. The fourth-order valence-electron chi connectivity index (χ4n) is 1.53. The number of aryl methyl sites for hydroxylation is 1. The minimum atomic E-state index is -2.61. The van der Waals surface area contributed by atoms with Crippen molar-refractivity contribution in [2.75, 3.05) is 0 Å². The van der Waals surface area contributed by atoms with Crippen molar-refractivity contribution in [2.45, 2.75) is 13.3 Å². The Morgan fingerprint density at radius 2 is 2.06 bits per heavy atom. The predicted molar refractivity (Wildman–Crippen MR) is 59.9 cm³/mol. The van der Waals surface area contributed by atoms with Crippen LogP contribution in [0, 0.1) is 12.7 Å². The van der Waals surface area contributed by atoms with Crippen LogP contribution >= 0.6 is 0 Å². The maximum Gasteiger partial charge on any atom is 0.287 e. The first-order valence-electron chi connectivity index (χ1n) is 5.14. The standard InChI is InChI=1S/C12H9F3N2O/c1-6-9(13)12(18)17-11(16-6)8-4-2-3-7(5-8)10(14)15/h2-5,10H,1H3,(H,16,17,18). The van der Waals surface area contributed by atoms with Gasteiger partial charge in [-0.05, 0) is 13.0 Å². The molecule has 2 rings (SSSR count). The van der Waals surface area contributed by atoms with Crippen molar-refractivity contribution in [3.05, 3.63) is 51.7 Å². The highest BCUT2D eigenvalue weighted by Gasteiger charge is 2.11. The molecular formula is C12H9F3N2O. The fraction of sp³-hybridized carbons (Fsp3) is 0.167. The molecule has 0 spiro atoms. The van der Waals surface area contributed by atoms with Gasteiger partial charge in [-0.1, -0.05) is 18.2 Å². The second-order valence-corrected chi connectivity index (χ2v) is 3.74. The molecule has 0 aliphatic heterocycles. The number of hydrogen-bond acceptors (Lipinski definition) is 2. The van der Waals surface area contributed by atoms with Crippen molar-refractivity contribution in [1.29, 1.82) is 0 Å². The molecule has 0 bridgehead atoms. The molecule has 0 saturated carbocycles. The van der Waals surface area contributed by atoms with Gasteiger partial charge in [-0.15, -0.1) is 0 Å². The van der Waals surface area contributed by atoms with E-state index in [0.717, 1.165) is 0 Å². The Morgan fingerprint density at radius 1 is 1.33 bits per heavy atom. The van der Waals surface area contributed by atoms with E-state index in [1.807, 2.05) is 0 Å². The number of aromatic nitrogens is 2. The molecule has 18 heavy (non-hydrogen) atoms. The number of nitrogens with zero attached hydrogens (tertiary/aromatic N) is 1. The number of halogens is 3. The zero-order chi connectivity index (χ0) is 13.3. The highest BCUT2D eigenvalue weighted by Crippen LogP contribution is 2.23. The molecule has 0 aliphatic rings. The van der Waals surface area contributed by atoms with Gasteiger partial charge in [-0.2, -0.15) is 4.39 Å². The molecule has 0 fully saturated rings. The van der Waals surface area contributed by atoms with Crippen molar-refractivity contribution in [1.82, 2.24) is 9.97 Å². The lowest BCUT2D eigenvalue weighted by Crippen LogP contribution is -2.15. The summed E-state index contributed by atoms with van der Waals surface area (Å²) in [6, 6.07) is 5.42. The number of aromatic amines is 1. The van der Waals surface area contributed by atoms with Crippen LogP contribution in [0.5, 0.6) is 0 Å². The van der Waals surface area contributed by atoms with Crippen LogP contribution in [0.2, 0.25) is 0 Å². The highest BCUT2D eigenvalue weighted by molar-refractivity contribution is 5.56. The molecule has 0 atom stereocenters. The van der Waals surface area contributed by atoms with Crippen molar-refractivity contribution < 1.29 is 13.2 Å². The molecule has 3 nitrogen and oxygen atoms in total. The predicted octanol–water partition coefficient (Wildman–Crippen LogP) is 2.82. The summed E-state index contributed by atoms with van der Waals surface area (Å²) in [6.45, 7) is 1.34. The highest BCUT2D eigenvalue weighted by atomic mass is 19.3. The molecule has 0 unspecified atom stereocenters. The van der Waals surface area contributed by atoms with E-state index in [1.165, 1.54) is 31.2 Å². The van der Waals surface area contributed by atoms with Crippen molar-refractivity contribution in [3.8, 4) is 11.4 Å².